The van der Waals surface area contributed by atoms with E-state index in [9.17, 15) is 9.18 Å². The van der Waals surface area contributed by atoms with Crippen molar-refractivity contribution in [1.82, 2.24) is 9.88 Å². The van der Waals surface area contributed by atoms with Crippen LogP contribution in [0, 0.1) is 5.82 Å². The van der Waals surface area contributed by atoms with Gasteiger partial charge in [-0.15, -0.1) is 0 Å². The van der Waals surface area contributed by atoms with E-state index in [0.717, 1.165) is 17.5 Å². The Labute approximate surface area is 157 Å². The lowest BCUT2D eigenvalue weighted by molar-refractivity contribution is -0.137. The van der Waals surface area contributed by atoms with Crippen molar-refractivity contribution in [2.75, 3.05) is 24.5 Å². The van der Waals surface area contributed by atoms with Gasteiger partial charge in [-0.05, 0) is 42.8 Å². The molecule has 1 fully saturated rings. The number of halogens is 2. The van der Waals surface area contributed by atoms with Crippen molar-refractivity contribution < 1.29 is 13.9 Å². The van der Waals surface area contributed by atoms with Gasteiger partial charge in [0.1, 0.15) is 5.82 Å². The van der Waals surface area contributed by atoms with Crippen molar-refractivity contribution in [3.8, 4) is 0 Å². The summed E-state index contributed by atoms with van der Waals surface area (Å²) < 4.78 is 19.1. The number of anilines is 1. The number of piperazine rings is 1. The van der Waals surface area contributed by atoms with Crippen LogP contribution in [0.15, 0.2) is 42.7 Å². The van der Waals surface area contributed by atoms with Crippen molar-refractivity contribution in [2.24, 2.45) is 0 Å². The topological polar surface area (TPSA) is 45.7 Å². The SMILES string of the molecule is CC1CN(c2ccc(F)cc2Cl)CCN1C(C=O)OCc1ccncc1. The van der Waals surface area contributed by atoms with E-state index in [0.29, 0.717) is 31.3 Å². The van der Waals surface area contributed by atoms with Crippen LogP contribution in [0.1, 0.15) is 12.5 Å². The molecule has 0 radical (unpaired) electrons. The van der Waals surface area contributed by atoms with Crippen LogP contribution in [0.3, 0.4) is 0 Å². The van der Waals surface area contributed by atoms with Crippen LogP contribution in [0.25, 0.3) is 0 Å². The van der Waals surface area contributed by atoms with Gasteiger partial charge in [0.2, 0.25) is 0 Å². The summed E-state index contributed by atoms with van der Waals surface area (Å²) in [6.45, 7) is 4.39. The predicted molar refractivity (Wildman–Crippen MR) is 98.7 cm³/mol. The number of hydrogen-bond acceptors (Lipinski definition) is 5. The Morgan fingerprint density at radius 2 is 2.12 bits per heavy atom. The quantitative estimate of drug-likeness (QED) is 0.724. The number of carbonyl (C=O) groups excluding carboxylic acids is 1. The predicted octanol–water partition coefficient (Wildman–Crippen LogP) is 3.13. The molecule has 1 saturated heterocycles. The molecule has 0 bridgehead atoms. The second-order valence-electron chi connectivity index (χ2n) is 6.32. The van der Waals surface area contributed by atoms with Gasteiger partial charge in [-0.25, -0.2) is 4.39 Å². The van der Waals surface area contributed by atoms with Gasteiger partial charge in [0.15, 0.2) is 12.5 Å². The van der Waals surface area contributed by atoms with Gasteiger partial charge >= 0.3 is 0 Å². The highest BCUT2D eigenvalue weighted by atomic mass is 35.5. The molecule has 2 heterocycles. The van der Waals surface area contributed by atoms with Crippen LogP contribution >= 0.6 is 11.6 Å². The molecule has 7 heteroatoms. The molecule has 1 aromatic carbocycles. The molecule has 0 spiro atoms. The summed E-state index contributed by atoms with van der Waals surface area (Å²) in [4.78, 5) is 19.7. The first-order chi connectivity index (χ1) is 12.6. The van der Waals surface area contributed by atoms with Crippen molar-refractivity contribution in [3.05, 3.63) is 59.1 Å². The third-order valence-electron chi connectivity index (χ3n) is 4.54. The van der Waals surface area contributed by atoms with Crippen molar-refractivity contribution >= 4 is 23.6 Å². The van der Waals surface area contributed by atoms with E-state index in [1.54, 1.807) is 18.5 Å². The number of ether oxygens (including phenoxy) is 1. The number of aromatic nitrogens is 1. The highest BCUT2D eigenvalue weighted by molar-refractivity contribution is 6.33. The Morgan fingerprint density at radius 3 is 2.77 bits per heavy atom. The lowest BCUT2D eigenvalue weighted by atomic mass is 10.1. The zero-order valence-electron chi connectivity index (χ0n) is 14.5. The Balaban J connectivity index is 1.62. The number of rotatable bonds is 6. The third-order valence-corrected chi connectivity index (χ3v) is 4.85. The molecule has 1 aromatic heterocycles. The van der Waals surface area contributed by atoms with Crippen molar-refractivity contribution in [3.63, 3.8) is 0 Å². The van der Waals surface area contributed by atoms with Gasteiger partial charge in [0.25, 0.3) is 0 Å². The third kappa shape index (κ3) is 4.38. The molecule has 5 nitrogen and oxygen atoms in total. The molecule has 0 amide bonds. The molecular formula is C19H21ClFN3O2. The van der Waals surface area contributed by atoms with E-state index in [1.165, 1.54) is 12.1 Å². The maximum atomic E-state index is 13.3. The first kappa shape index (κ1) is 18.8. The highest BCUT2D eigenvalue weighted by Crippen LogP contribution is 2.29. The number of benzene rings is 1. The fourth-order valence-corrected chi connectivity index (χ4v) is 3.47. The van der Waals surface area contributed by atoms with Crippen LogP contribution in [-0.2, 0) is 16.1 Å². The van der Waals surface area contributed by atoms with E-state index in [-0.39, 0.29) is 11.9 Å². The summed E-state index contributed by atoms with van der Waals surface area (Å²) in [7, 11) is 0. The minimum Gasteiger partial charge on any atom is -0.367 e. The van der Waals surface area contributed by atoms with E-state index >= 15 is 0 Å². The molecule has 0 N–H and O–H groups in total. The van der Waals surface area contributed by atoms with Gasteiger partial charge in [-0.2, -0.15) is 0 Å². The Morgan fingerprint density at radius 1 is 1.35 bits per heavy atom. The summed E-state index contributed by atoms with van der Waals surface area (Å²) >= 11 is 6.17. The Bertz CT molecular complexity index is 747. The van der Waals surface area contributed by atoms with Crippen molar-refractivity contribution in [2.45, 2.75) is 25.8 Å². The molecule has 1 aliphatic rings. The molecule has 138 valence electrons. The maximum absolute atomic E-state index is 13.3. The monoisotopic (exact) mass is 377 g/mol. The van der Waals surface area contributed by atoms with Gasteiger partial charge in [0.05, 0.1) is 17.3 Å². The van der Waals surface area contributed by atoms with Crippen molar-refractivity contribution in [1.29, 1.82) is 0 Å². The van der Waals surface area contributed by atoms with Crippen LogP contribution < -0.4 is 4.90 Å². The highest BCUT2D eigenvalue weighted by Gasteiger charge is 2.30. The van der Waals surface area contributed by atoms with Gasteiger partial charge in [-0.3, -0.25) is 14.7 Å². The summed E-state index contributed by atoms with van der Waals surface area (Å²) in [5, 5.41) is 0.395. The smallest absolute Gasteiger partial charge is 0.167 e. The molecule has 2 unspecified atom stereocenters. The summed E-state index contributed by atoms with van der Waals surface area (Å²) in [5.41, 5.74) is 1.77. The molecule has 1 aliphatic heterocycles. The number of nitrogens with zero attached hydrogens (tertiary/aromatic N) is 3. The zero-order valence-corrected chi connectivity index (χ0v) is 15.3. The van der Waals surface area contributed by atoms with Crippen LogP contribution in [0.5, 0.6) is 0 Å². The first-order valence-corrected chi connectivity index (χ1v) is 8.88. The van der Waals surface area contributed by atoms with Crippen LogP contribution in [-0.4, -0.2) is 48.1 Å². The molecule has 0 saturated carbocycles. The van der Waals surface area contributed by atoms with E-state index in [2.05, 4.69) is 9.88 Å². The summed E-state index contributed by atoms with van der Waals surface area (Å²) in [6, 6.07) is 8.22. The normalized spacial score (nSPS) is 19.3. The van der Waals surface area contributed by atoms with Gasteiger partial charge in [0, 0.05) is 38.1 Å². The zero-order chi connectivity index (χ0) is 18.5. The average Bonchev–Trinajstić information content (AvgIpc) is 2.64. The minimum atomic E-state index is -0.607. The Hall–Kier alpha value is -2.02. The summed E-state index contributed by atoms with van der Waals surface area (Å²) in [6.07, 6.45) is 3.62. The second kappa shape index (κ2) is 8.58. The molecule has 2 aromatic rings. The Kier molecular flexibility index (Phi) is 6.19. The fourth-order valence-electron chi connectivity index (χ4n) is 3.18. The van der Waals surface area contributed by atoms with E-state index in [1.807, 2.05) is 24.0 Å². The lowest BCUT2D eigenvalue weighted by Gasteiger charge is -2.43. The number of aldehydes is 1. The van der Waals surface area contributed by atoms with Crippen LogP contribution in [0.4, 0.5) is 10.1 Å². The number of hydrogen-bond donors (Lipinski definition) is 0. The average molecular weight is 378 g/mol. The largest absolute Gasteiger partial charge is 0.367 e. The maximum Gasteiger partial charge on any atom is 0.167 e. The molecule has 3 rings (SSSR count). The summed E-state index contributed by atoms with van der Waals surface area (Å²) in [5.74, 6) is -0.351. The molecule has 0 aliphatic carbocycles. The molecule has 2 atom stereocenters. The van der Waals surface area contributed by atoms with Crippen LogP contribution in [0.2, 0.25) is 5.02 Å². The fraction of sp³-hybridized carbons (Fsp3) is 0.368. The van der Waals surface area contributed by atoms with Gasteiger partial charge < -0.3 is 9.64 Å². The minimum absolute atomic E-state index is 0.0810. The van der Waals surface area contributed by atoms with E-state index < -0.39 is 6.23 Å². The molecule has 26 heavy (non-hydrogen) atoms. The van der Waals surface area contributed by atoms with Gasteiger partial charge in [-0.1, -0.05) is 11.6 Å². The number of carbonyl (C=O) groups is 1. The second-order valence-corrected chi connectivity index (χ2v) is 6.73. The first-order valence-electron chi connectivity index (χ1n) is 8.50. The number of pyridine rings is 1. The standard InChI is InChI=1S/C19H21ClFN3O2/c1-14-11-23(18-3-2-16(21)10-17(18)20)8-9-24(14)19(12-25)26-13-15-4-6-22-7-5-15/h2-7,10,12,14,19H,8-9,11,13H2,1H3. The molecular weight excluding hydrogens is 357 g/mol. The lowest BCUT2D eigenvalue weighted by Crippen LogP contribution is -2.56. The van der Waals surface area contributed by atoms with E-state index in [4.69, 9.17) is 16.3 Å².